The maximum absolute atomic E-state index is 16.0. The molecule has 4 aromatic rings. The zero-order valence-electron chi connectivity index (χ0n) is 24.3. The molecular weight excluding hydrogens is 587 g/mol. The van der Waals surface area contributed by atoms with Crippen molar-refractivity contribution in [1.82, 2.24) is 29.4 Å². The lowest BCUT2D eigenvalue weighted by atomic mass is 9.82. The number of aromatic nitrogens is 5. The number of carbonyl (C=O) groups excluding carboxylic acids is 1. The summed E-state index contributed by atoms with van der Waals surface area (Å²) in [4.78, 5) is 47.6. The second-order valence-electron chi connectivity index (χ2n) is 11.2. The Hall–Kier alpha value is -4.72. The summed E-state index contributed by atoms with van der Waals surface area (Å²) in [6.07, 6.45) is 7.65. The average molecular weight is 619 g/mol. The van der Waals surface area contributed by atoms with Crippen LogP contribution in [0.25, 0.3) is 28.1 Å². The van der Waals surface area contributed by atoms with Crippen LogP contribution in [0.5, 0.6) is 0 Å². The first-order valence-electron chi connectivity index (χ1n) is 14.2. The molecule has 0 unspecified atom stereocenters. The van der Waals surface area contributed by atoms with Crippen molar-refractivity contribution in [3.05, 3.63) is 71.3 Å². The summed E-state index contributed by atoms with van der Waals surface area (Å²) in [7, 11) is -3.86. The van der Waals surface area contributed by atoms with Crippen LogP contribution in [-0.4, -0.2) is 75.7 Å². The van der Waals surface area contributed by atoms with Crippen LogP contribution in [0, 0.1) is 5.82 Å². The van der Waals surface area contributed by atoms with Gasteiger partial charge in [0.2, 0.25) is 5.91 Å². The highest BCUT2D eigenvalue weighted by molar-refractivity contribution is 7.90. The van der Waals surface area contributed by atoms with Crippen molar-refractivity contribution in [1.29, 1.82) is 0 Å². The Morgan fingerprint density at radius 3 is 2.55 bits per heavy atom. The normalized spacial score (nSPS) is 17.5. The topological polar surface area (TPSA) is 157 Å². The number of piperazine rings is 1. The minimum Gasteiger partial charge on any atom is -0.397 e. The van der Waals surface area contributed by atoms with Crippen molar-refractivity contribution in [2.24, 2.45) is 0 Å². The number of hydrogen-bond acceptors (Lipinski definition) is 10. The molecule has 12 nitrogen and oxygen atoms in total. The number of nitrogens with two attached hydrogens (primary N) is 1. The molecule has 2 N–H and O–H groups in total. The summed E-state index contributed by atoms with van der Waals surface area (Å²) in [6.45, 7) is 6.38. The van der Waals surface area contributed by atoms with Gasteiger partial charge in [0, 0.05) is 50.2 Å². The van der Waals surface area contributed by atoms with E-state index in [2.05, 4.69) is 26.5 Å². The Balaban J connectivity index is 1.67. The Morgan fingerprint density at radius 2 is 1.91 bits per heavy atom. The van der Waals surface area contributed by atoms with Gasteiger partial charge in [-0.25, -0.2) is 27.2 Å². The molecule has 2 fully saturated rings. The molecular formula is C30H31FN8O4S. The lowest BCUT2D eigenvalue weighted by molar-refractivity contribution is -0.126. The SMILES string of the molecule is C=CC(=O)N1CCN(c2nc(=O)n(-c3c(S(C)(=O)=O)ccnc3C3CCC3)c3nc(-c4ncccc4N)c(F)cc23)[C@@H](C)C1. The minimum atomic E-state index is -3.86. The van der Waals surface area contributed by atoms with E-state index in [-0.39, 0.29) is 62.4 Å². The number of anilines is 2. The molecule has 14 heteroatoms. The average Bonchev–Trinajstić information content (AvgIpc) is 2.95. The number of fused-ring (bicyclic) bond motifs is 1. The number of pyridine rings is 3. The molecule has 1 amide bonds. The fraction of sp³-hybridized carbons (Fsp3) is 0.333. The molecule has 5 heterocycles. The molecule has 2 aliphatic rings. The molecule has 1 saturated heterocycles. The second-order valence-corrected chi connectivity index (χ2v) is 13.1. The molecule has 1 aliphatic carbocycles. The summed E-state index contributed by atoms with van der Waals surface area (Å²) in [5, 5.41) is 0.179. The lowest BCUT2D eigenvalue weighted by Gasteiger charge is -2.40. The molecule has 4 aromatic heterocycles. The zero-order valence-corrected chi connectivity index (χ0v) is 25.1. The van der Waals surface area contributed by atoms with Gasteiger partial charge in [-0.3, -0.25) is 14.8 Å². The van der Waals surface area contributed by atoms with E-state index in [0.29, 0.717) is 25.3 Å². The third-order valence-corrected chi connectivity index (χ3v) is 9.41. The van der Waals surface area contributed by atoms with Gasteiger partial charge in [-0.15, -0.1) is 0 Å². The van der Waals surface area contributed by atoms with Gasteiger partial charge in [0.25, 0.3) is 0 Å². The zero-order chi connectivity index (χ0) is 31.3. The highest BCUT2D eigenvalue weighted by atomic mass is 32.2. The number of nitrogens with zero attached hydrogens (tertiary/aromatic N) is 7. The molecule has 1 atom stereocenters. The largest absolute Gasteiger partial charge is 0.397 e. The van der Waals surface area contributed by atoms with Crippen molar-refractivity contribution >= 4 is 38.3 Å². The first-order valence-corrected chi connectivity index (χ1v) is 16.1. The van der Waals surface area contributed by atoms with Crippen molar-refractivity contribution in [2.45, 2.75) is 43.0 Å². The third kappa shape index (κ3) is 4.98. The van der Waals surface area contributed by atoms with Gasteiger partial charge in [0.1, 0.15) is 17.2 Å². The predicted molar refractivity (Wildman–Crippen MR) is 164 cm³/mol. The number of carbonyl (C=O) groups is 1. The lowest BCUT2D eigenvalue weighted by Crippen LogP contribution is -2.54. The molecule has 228 valence electrons. The van der Waals surface area contributed by atoms with Crippen molar-refractivity contribution in [2.75, 3.05) is 36.5 Å². The van der Waals surface area contributed by atoms with Gasteiger partial charge in [-0.1, -0.05) is 13.0 Å². The van der Waals surface area contributed by atoms with E-state index in [1.807, 2.05) is 11.8 Å². The summed E-state index contributed by atoms with van der Waals surface area (Å²) >= 11 is 0. The van der Waals surface area contributed by atoms with Gasteiger partial charge in [0.15, 0.2) is 21.3 Å². The van der Waals surface area contributed by atoms with Gasteiger partial charge >= 0.3 is 5.69 Å². The van der Waals surface area contributed by atoms with Crippen molar-refractivity contribution in [3.8, 4) is 17.1 Å². The number of rotatable bonds is 6. The van der Waals surface area contributed by atoms with E-state index in [9.17, 15) is 18.0 Å². The van der Waals surface area contributed by atoms with E-state index < -0.39 is 21.3 Å². The van der Waals surface area contributed by atoms with Crippen LogP contribution in [0.15, 0.2) is 59.0 Å². The van der Waals surface area contributed by atoms with E-state index in [4.69, 9.17) is 5.73 Å². The molecule has 0 radical (unpaired) electrons. The van der Waals surface area contributed by atoms with Gasteiger partial charge in [-0.2, -0.15) is 4.98 Å². The second kappa shape index (κ2) is 11.1. The minimum absolute atomic E-state index is 0.0169. The first kappa shape index (κ1) is 29.4. The molecule has 44 heavy (non-hydrogen) atoms. The highest BCUT2D eigenvalue weighted by Gasteiger charge is 2.33. The number of hydrogen-bond donors (Lipinski definition) is 1. The van der Waals surface area contributed by atoms with Crippen LogP contribution in [0.2, 0.25) is 0 Å². The first-order chi connectivity index (χ1) is 21.0. The Labute approximate surface area is 253 Å². The maximum Gasteiger partial charge on any atom is 0.355 e. The van der Waals surface area contributed by atoms with E-state index in [1.165, 1.54) is 30.6 Å². The van der Waals surface area contributed by atoms with Crippen LogP contribution < -0.4 is 16.3 Å². The predicted octanol–water partition coefficient (Wildman–Crippen LogP) is 2.85. The highest BCUT2D eigenvalue weighted by Crippen LogP contribution is 2.41. The number of sulfone groups is 1. The molecule has 6 rings (SSSR count). The Morgan fingerprint density at radius 1 is 1.14 bits per heavy atom. The van der Waals surface area contributed by atoms with Crippen LogP contribution in [-0.2, 0) is 14.6 Å². The molecule has 0 bridgehead atoms. The standard InChI is InChI=1S/C30H31FN8O4S/c1-4-23(40)37-13-14-38(17(2)16-37)28-19-15-20(31)25(26-21(32)9-6-11-33-26)35-29(19)39(30(41)36-28)27-22(44(3,42)43)10-12-34-24(27)18-7-5-8-18/h4,6,9-12,15,17-18H,1,5,7-8,13-14,16,32H2,2-3H3/t17-/m0/s1. The van der Waals surface area contributed by atoms with E-state index in [0.717, 1.165) is 30.1 Å². The molecule has 1 saturated carbocycles. The van der Waals surface area contributed by atoms with E-state index >= 15 is 4.39 Å². The van der Waals surface area contributed by atoms with E-state index in [1.54, 1.807) is 17.0 Å². The summed E-state index contributed by atoms with van der Waals surface area (Å²) < 4.78 is 43.3. The van der Waals surface area contributed by atoms with Gasteiger partial charge in [0.05, 0.1) is 27.4 Å². The van der Waals surface area contributed by atoms with Crippen LogP contribution >= 0.6 is 0 Å². The molecule has 1 aliphatic heterocycles. The quantitative estimate of drug-likeness (QED) is 0.319. The van der Waals surface area contributed by atoms with Crippen molar-refractivity contribution < 1.29 is 17.6 Å². The number of amides is 1. The molecule has 0 aromatic carbocycles. The van der Waals surface area contributed by atoms with Gasteiger partial charge in [-0.05, 0) is 50.1 Å². The summed E-state index contributed by atoms with van der Waals surface area (Å²) in [6, 6.07) is 5.42. The molecule has 0 spiro atoms. The fourth-order valence-electron chi connectivity index (χ4n) is 5.87. The number of nitrogen functional groups attached to an aromatic ring is 1. The summed E-state index contributed by atoms with van der Waals surface area (Å²) in [5.41, 5.74) is 5.86. The van der Waals surface area contributed by atoms with Crippen LogP contribution in [0.1, 0.15) is 37.8 Å². The van der Waals surface area contributed by atoms with Gasteiger partial charge < -0.3 is 15.5 Å². The Kier molecular flexibility index (Phi) is 7.40. The fourth-order valence-corrected chi connectivity index (χ4v) is 6.72. The smallest absolute Gasteiger partial charge is 0.355 e. The number of halogens is 1. The van der Waals surface area contributed by atoms with Crippen LogP contribution in [0.4, 0.5) is 15.9 Å². The maximum atomic E-state index is 16.0. The van der Waals surface area contributed by atoms with Crippen LogP contribution in [0.3, 0.4) is 0 Å². The monoisotopic (exact) mass is 618 g/mol. The third-order valence-electron chi connectivity index (χ3n) is 8.28. The van der Waals surface area contributed by atoms with Crippen molar-refractivity contribution in [3.63, 3.8) is 0 Å². The summed E-state index contributed by atoms with van der Waals surface area (Å²) in [5.74, 6) is -0.877. The Bertz CT molecular complexity index is 1990.